The predicted octanol–water partition coefficient (Wildman–Crippen LogP) is 4.35. The highest BCUT2D eigenvalue weighted by molar-refractivity contribution is 5.80. The maximum Gasteiger partial charge on any atom is 0.408 e. The summed E-state index contributed by atoms with van der Waals surface area (Å²) in [4.78, 5) is 9.19. The molecule has 0 radical (unpaired) electrons. The lowest BCUT2D eigenvalue weighted by atomic mass is 10.1. The molecule has 0 spiro atoms. The molecule has 5 rings (SSSR count). The van der Waals surface area contributed by atoms with Crippen LogP contribution in [0.1, 0.15) is 26.3 Å². The summed E-state index contributed by atoms with van der Waals surface area (Å²) in [5.74, 6) is 1.17. The summed E-state index contributed by atoms with van der Waals surface area (Å²) < 4.78 is 41.1. The second kappa shape index (κ2) is 9.17. The minimum Gasteiger partial charge on any atom is -0.380 e. The number of hydrogen-bond donors (Lipinski definition) is 3. The number of halogens is 3. The van der Waals surface area contributed by atoms with Gasteiger partial charge in [0.25, 0.3) is 0 Å². The zero-order valence-corrected chi connectivity index (χ0v) is 19.3. The molecule has 35 heavy (non-hydrogen) atoms. The standard InChI is InChI=1S/C23H26F3N9/c1-14(2)35-22-15(10-29-35)3-4-20(32-22)31-21-9-19(30-16-5-7-27-11-16)17(12-28-21)18-6-8-34(33-18)13-23(24,25)26/h3-4,6,8-10,12,14,16,27H,5,7,11,13H2,1-2H3,(H2,28,30,31,32)/t16-/m1/s1. The Bertz CT molecular complexity index is 1320. The van der Waals surface area contributed by atoms with E-state index in [1.165, 1.54) is 6.20 Å². The van der Waals surface area contributed by atoms with Gasteiger partial charge in [-0.25, -0.2) is 14.6 Å². The second-order valence-electron chi connectivity index (χ2n) is 8.88. The van der Waals surface area contributed by atoms with Crippen molar-refractivity contribution >= 4 is 28.4 Å². The lowest BCUT2D eigenvalue weighted by Crippen LogP contribution is -2.22. The molecule has 12 heteroatoms. The normalized spacial score (nSPS) is 16.3. The van der Waals surface area contributed by atoms with Gasteiger partial charge in [0.2, 0.25) is 0 Å². The van der Waals surface area contributed by atoms with Crippen molar-refractivity contribution in [1.29, 1.82) is 0 Å². The van der Waals surface area contributed by atoms with Crippen molar-refractivity contribution < 1.29 is 13.2 Å². The van der Waals surface area contributed by atoms with Gasteiger partial charge in [-0.2, -0.15) is 23.4 Å². The van der Waals surface area contributed by atoms with Gasteiger partial charge in [0.15, 0.2) is 5.65 Å². The molecule has 3 N–H and O–H groups in total. The maximum atomic E-state index is 12.8. The number of nitrogens with zero attached hydrogens (tertiary/aromatic N) is 6. The number of alkyl halides is 3. The van der Waals surface area contributed by atoms with E-state index in [1.54, 1.807) is 18.5 Å². The number of aromatic nitrogens is 6. The van der Waals surface area contributed by atoms with Gasteiger partial charge in [-0.05, 0) is 45.0 Å². The minimum atomic E-state index is -4.34. The van der Waals surface area contributed by atoms with Crippen LogP contribution >= 0.6 is 0 Å². The van der Waals surface area contributed by atoms with E-state index in [4.69, 9.17) is 4.98 Å². The van der Waals surface area contributed by atoms with Gasteiger partial charge >= 0.3 is 6.18 Å². The number of rotatable bonds is 7. The highest BCUT2D eigenvalue weighted by Gasteiger charge is 2.28. The van der Waals surface area contributed by atoms with Crippen LogP contribution in [0.5, 0.6) is 0 Å². The van der Waals surface area contributed by atoms with Crippen molar-refractivity contribution in [3.8, 4) is 11.3 Å². The van der Waals surface area contributed by atoms with Gasteiger partial charge in [-0.1, -0.05) is 0 Å². The fourth-order valence-electron chi connectivity index (χ4n) is 4.12. The largest absolute Gasteiger partial charge is 0.408 e. The summed E-state index contributed by atoms with van der Waals surface area (Å²) >= 11 is 0. The van der Waals surface area contributed by atoms with Crippen molar-refractivity contribution in [3.05, 3.63) is 42.9 Å². The van der Waals surface area contributed by atoms with Crippen LogP contribution in [0.3, 0.4) is 0 Å². The van der Waals surface area contributed by atoms with Gasteiger partial charge in [0, 0.05) is 53.7 Å². The summed E-state index contributed by atoms with van der Waals surface area (Å²) in [6, 6.07) is 7.56. The summed E-state index contributed by atoms with van der Waals surface area (Å²) in [7, 11) is 0. The number of pyridine rings is 2. The Labute approximate surface area is 199 Å². The molecule has 0 unspecified atom stereocenters. The van der Waals surface area contributed by atoms with Crippen molar-refractivity contribution in [2.75, 3.05) is 23.7 Å². The van der Waals surface area contributed by atoms with Crippen molar-refractivity contribution in [3.63, 3.8) is 0 Å². The van der Waals surface area contributed by atoms with Gasteiger partial charge in [0.05, 0.1) is 11.9 Å². The molecule has 0 saturated carbocycles. The van der Waals surface area contributed by atoms with E-state index in [9.17, 15) is 13.2 Å². The van der Waals surface area contributed by atoms with E-state index in [2.05, 4.69) is 31.1 Å². The molecule has 0 aliphatic carbocycles. The summed E-state index contributed by atoms with van der Waals surface area (Å²) in [5, 5.41) is 19.5. The fraction of sp³-hybridized carbons (Fsp3) is 0.391. The molecule has 0 aromatic carbocycles. The van der Waals surface area contributed by atoms with Crippen molar-refractivity contribution in [2.24, 2.45) is 0 Å². The fourth-order valence-corrected chi connectivity index (χ4v) is 4.12. The van der Waals surface area contributed by atoms with Crippen LogP contribution in [0, 0.1) is 0 Å². The zero-order chi connectivity index (χ0) is 24.6. The van der Waals surface area contributed by atoms with Crippen LogP contribution in [0.4, 0.5) is 30.5 Å². The smallest absolute Gasteiger partial charge is 0.380 e. The topological polar surface area (TPSA) is 97.5 Å². The van der Waals surface area contributed by atoms with Crippen LogP contribution in [0.15, 0.2) is 42.9 Å². The Balaban J connectivity index is 1.45. The summed E-state index contributed by atoms with van der Waals surface area (Å²) in [6.45, 7) is 4.64. The zero-order valence-electron chi connectivity index (χ0n) is 19.3. The molecule has 0 bridgehead atoms. The Morgan fingerprint density at radius 1 is 1.17 bits per heavy atom. The molecule has 4 aromatic rings. The SMILES string of the molecule is CC(C)n1ncc2ccc(Nc3cc(N[C@@H]4CCNC4)c(-c4ccn(CC(F)(F)F)n4)cn3)nc21. The number of anilines is 3. The molecule has 1 aliphatic rings. The van der Waals surface area contributed by atoms with E-state index in [1.807, 2.05) is 36.7 Å². The van der Waals surface area contributed by atoms with Crippen LogP contribution in [-0.4, -0.2) is 54.8 Å². The third kappa shape index (κ3) is 5.21. The molecule has 1 atom stereocenters. The van der Waals surface area contributed by atoms with E-state index in [0.29, 0.717) is 22.9 Å². The number of nitrogens with one attached hydrogen (secondary N) is 3. The maximum absolute atomic E-state index is 12.8. The van der Waals surface area contributed by atoms with Crippen LogP contribution in [0.2, 0.25) is 0 Å². The first-order valence-corrected chi connectivity index (χ1v) is 11.4. The molecule has 4 aromatic heterocycles. The third-order valence-electron chi connectivity index (χ3n) is 5.77. The molecule has 1 saturated heterocycles. The lowest BCUT2D eigenvalue weighted by molar-refractivity contribution is -0.142. The second-order valence-corrected chi connectivity index (χ2v) is 8.88. The Morgan fingerprint density at radius 3 is 2.77 bits per heavy atom. The molecule has 184 valence electrons. The molecular formula is C23H26F3N9. The average Bonchev–Trinajstić information content (AvgIpc) is 3.54. The molecule has 1 fully saturated rings. The first-order chi connectivity index (χ1) is 16.7. The van der Waals surface area contributed by atoms with E-state index < -0.39 is 12.7 Å². The van der Waals surface area contributed by atoms with Gasteiger partial charge in [0.1, 0.15) is 18.2 Å². The first kappa shape index (κ1) is 23.1. The van der Waals surface area contributed by atoms with Crippen LogP contribution in [-0.2, 0) is 6.54 Å². The average molecular weight is 486 g/mol. The van der Waals surface area contributed by atoms with E-state index in [0.717, 1.165) is 40.9 Å². The first-order valence-electron chi connectivity index (χ1n) is 11.4. The van der Waals surface area contributed by atoms with E-state index >= 15 is 0 Å². The molecule has 9 nitrogen and oxygen atoms in total. The quantitative estimate of drug-likeness (QED) is 0.358. The highest BCUT2D eigenvalue weighted by atomic mass is 19.4. The lowest BCUT2D eigenvalue weighted by Gasteiger charge is -2.17. The number of hydrogen-bond acceptors (Lipinski definition) is 7. The van der Waals surface area contributed by atoms with Gasteiger partial charge in [-0.3, -0.25) is 4.68 Å². The van der Waals surface area contributed by atoms with Gasteiger partial charge in [-0.15, -0.1) is 0 Å². The number of fused-ring (bicyclic) bond motifs is 1. The van der Waals surface area contributed by atoms with Crippen LogP contribution < -0.4 is 16.0 Å². The van der Waals surface area contributed by atoms with Crippen molar-refractivity contribution in [1.82, 2.24) is 34.8 Å². The molecular weight excluding hydrogens is 459 g/mol. The molecule has 0 amide bonds. The van der Waals surface area contributed by atoms with Crippen molar-refractivity contribution in [2.45, 2.75) is 45.1 Å². The minimum absolute atomic E-state index is 0.167. The van der Waals surface area contributed by atoms with Gasteiger partial charge < -0.3 is 16.0 Å². The third-order valence-corrected chi connectivity index (χ3v) is 5.77. The summed E-state index contributed by atoms with van der Waals surface area (Å²) in [6.07, 6.45) is 1.32. The summed E-state index contributed by atoms with van der Waals surface area (Å²) in [5.41, 5.74) is 2.56. The Morgan fingerprint density at radius 2 is 2.03 bits per heavy atom. The monoisotopic (exact) mass is 485 g/mol. The Hall–Kier alpha value is -3.67. The highest BCUT2D eigenvalue weighted by Crippen LogP contribution is 2.31. The predicted molar refractivity (Wildman–Crippen MR) is 128 cm³/mol. The molecule has 5 heterocycles. The van der Waals surface area contributed by atoms with Crippen LogP contribution in [0.25, 0.3) is 22.3 Å². The molecule has 1 aliphatic heterocycles. The van der Waals surface area contributed by atoms with E-state index in [-0.39, 0.29) is 12.1 Å². The Kier molecular flexibility index (Phi) is 6.05.